The molecule has 1 aromatic carbocycles. The lowest BCUT2D eigenvalue weighted by Crippen LogP contribution is -2.24. The average Bonchev–Trinajstić information content (AvgIpc) is 2.46. The van der Waals surface area contributed by atoms with E-state index in [2.05, 4.69) is 5.10 Å². The van der Waals surface area contributed by atoms with Crippen LogP contribution in [0.4, 0.5) is 0 Å². The number of ether oxygens (including phenoxy) is 2. The summed E-state index contributed by atoms with van der Waals surface area (Å²) in [6.07, 6.45) is 0. The second kappa shape index (κ2) is 5.97. The average molecular weight is 289 g/mol. The number of methoxy groups -OCH3 is 2. The van der Waals surface area contributed by atoms with Crippen molar-refractivity contribution in [2.75, 3.05) is 14.2 Å². The maximum Gasteiger partial charge on any atom is 0.205 e. The van der Waals surface area contributed by atoms with E-state index in [1.807, 2.05) is 19.1 Å². The Labute approximate surface area is 123 Å². The molecule has 0 spiro atoms. The lowest BCUT2D eigenvalue weighted by molar-refractivity contribution is 0.392. The Morgan fingerprint density at radius 1 is 1.24 bits per heavy atom. The molecule has 0 radical (unpaired) electrons. The van der Waals surface area contributed by atoms with Gasteiger partial charge in [-0.1, -0.05) is 0 Å². The van der Waals surface area contributed by atoms with E-state index >= 15 is 0 Å². The van der Waals surface area contributed by atoms with E-state index < -0.39 is 6.04 Å². The van der Waals surface area contributed by atoms with Crippen LogP contribution in [0.5, 0.6) is 11.5 Å². The Morgan fingerprint density at radius 3 is 2.52 bits per heavy atom. The second-order valence-electron chi connectivity index (χ2n) is 4.77. The number of aromatic nitrogens is 2. The van der Waals surface area contributed by atoms with Gasteiger partial charge in [-0.2, -0.15) is 5.10 Å². The molecule has 1 unspecified atom stereocenters. The number of benzene rings is 1. The van der Waals surface area contributed by atoms with E-state index in [-0.39, 0.29) is 5.43 Å². The van der Waals surface area contributed by atoms with Crippen molar-refractivity contribution in [2.45, 2.75) is 19.9 Å². The molecule has 0 amide bonds. The molecule has 1 aromatic heterocycles. The smallest absolute Gasteiger partial charge is 0.205 e. The third kappa shape index (κ3) is 2.90. The molecule has 21 heavy (non-hydrogen) atoms. The summed E-state index contributed by atoms with van der Waals surface area (Å²) in [5, 5.41) is 4.36. The molecule has 2 aromatic rings. The molecule has 0 saturated carbocycles. The van der Waals surface area contributed by atoms with Crippen LogP contribution < -0.4 is 20.6 Å². The van der Waals surface area contributed by atoms with Gasteiger partial charge in [-0.15, -0.1) is 0 Å². The molecule has 0 saturated heterocycles. The summed E-state index contributed by atoms with van der Waals surface area (Å²) in [5.41, 5.74) is 7.38. The predicted octanol–water partition coefficient (Wildman–Crippen LogP) is 1.58. The molecule has 1 atom stereocenters. The Balaban J connectivity index is 2.66. The zero-order valence-corrected chi connectivity index (χ0v) is 12.6. The van der Waals surface area contributed by atoms with E-state index in [9.17, 15) is 4.79 Å². The Morgan fingerprint density at radius 2 is 1.95 bits per heavy atom. The van der Waals surface area contributed by atoms with Crippen LogP contribution in [0.3, 0.4) is 0 Å². The van der Waals surface area contributed by atoms with Gasteiger partial charge in [-0.3, -0.25) is 4.79 Å². The molecular weight excluding hydrogens is 270 g/mol. The van der Waals surface area contributed by atoms with Crippen LogP contribution in [0.25, 0.3) is 5.69 Å². The van der Waals surface area contributed by atoms with Crippen LogP contribution in [-0.4, -0.2) is 24.0 Å². The molecule has 6 nitrogen and oxygen atoms in total. The third-order valence-electron chi connectivity index (χ3n) is 3.18. The van der Waals surface area contributed by atoms with Crippen molar-refractivity contribution in [3.05, 3.63) is 45.9 Å². The van der Waals surface area contributed by atoms with Gasteiger partial charge < -0.3 is 15.2 Å². The number of rotatable bonds is 4. The zero-order valence-electron chi connectivity index (χ0n) is 12.6. The number of hydrogen-bond acceptors (Lipinski definition) is 5. The SMILES string of the molecule is COc1ccc(-n2nc(C(C)N)c(=O)cc2C)c(OC)c1. The maximum atomic E-state index is 11.9. The van der Waals surface area contributed by atoms with Gasteiger partial charge in [0.2, 0.25) is 5.43 Å². The number of nitrogens with zero attached hydrogens (tertiary/aromatic N) is 2. The summed E-state index contributed by atoms with van der Waals surface area (Å²) < 4.78 is 12.2. The minimum Gasteiger partial charge on any atom is -0.497 e. The highest BCUT2D eigenvalue weighted by atomic mass is 16.5. The van der Waals surface area contributed by atoms with Crippen LogP contribution in [0.15, 0.2) is 29.1 Å². The molecule has 0 fully saturated rings. The minimum atomic E-state index is -0.436. The molecule has 112 valence electrons. The molecule has 0 aliphatic heterocycles. The van der Waals surface area contributed by atoms with Gasteiger partial charge in [0.25, 0.3) is 0 Å². The normalized spacial score (nSPS) is 12.0. The number of aryl methyl sites for hydroxylation is 1. The van der Waals surface area contributed by atoms with Gasteiger partial charge in [-0.05, 0) is 26.0 Å². The third-order valence-corrected chi connectivity index (χ3v) is 3.18. The summed E-state index contributed by atoms with van der Waals surface area (Å²) in [6.45, 7) is 3.54. The molecule has 0 bridgehead atoms. The van der Waals surface area contributed by atoms with Crippen LogP contribution >= 0.6 is 0 Å². The van der Waals surface area contributed by atoms with Gasteiger partial charge >= 0.3 is 0 Å². The topological polar surface area (TPSA) is 79.4 Å². The molecular formula is C15H19N3O3. The van der Waals surface area contributed by atoms with Crippen molar-refractivity contribution in [3.63, 3.8) is 0 Å². The van der Waals surface area contributed by atoms with E-state index in [4.69, 9.17) is 15.2 Å². The largest absolute Gasteiger partial charge is 0.497 e. The first-order valence-corrected chi connectivity index (χ1v) is 6.56. The van der Waals surface area contributed by atoms with Crippen molar-refractivity contribution >= 4 is 0 Å². The Kier molecular flexibility index (Phi) is 4.28. The number of nitrogens with two attached hydrogens (primary N) is 1. The molecule has 0 aliphatic rings. The van der Waals surface area contributed by atoms with Gasteiger partial charge in [0.15, 0.2) is 0 Å². The fourth-order valence-corrected chi connectivity index (χ4v) is 2.08. The maximum absolute atomic E-state index is 11.9. The summed E-state index contributed by atoms with van der Waals surface area (Å²) in [7, 11) is 3.16. The van der Waals surface area contributed by atoms with Crippen LogP contribution in [-0.2, 0) is 0 Å². The minimum absolute atomic E-state index is 0.161. The van der Waals surface area contributed by atoms with Crippen molar-refractivity contribution in [1.29, 1.82) is 0 Å². The molecule has 2 rings (SSSR count). The van der Waals surface area contributed by atoms with Gasteiger partial charge in [0, 0.05) is 23.9 Å². The van der Waals surface area contributed by atoms with Crippen LogP contribution in [0, 0.1) is 6.92 Å². The van der Waals surface area contributed by atoms with E-state index in [0.717, 1.165) is 5.69 Å². The van der Waals surface area contributed by atoms with Crippen molar-refractivity contribution in [1.82, 2.24) is 9.78 Å². The van der Waals surface area contributed by atoms with Crippen molar-refractivity contribution in [3.8, 4) is 17.2 Å². The van der Waals surface area contributed by atoms with Gasteiger partial charge in [0.1, 0.15) is 22.9 Å². The van der Waals surface area contributed by atoms with Crippen LogP contribution in [0.1, 0.15) is 24.4 Å². The Hall–Kier alpha value is -2.34. The van der Waals surface area contributed by atoms with E-state index in [0.29, 0.717) is 22.9 Å². The zero-order chi connectivity index (χ0) is 15.6. The summed E-state index contributed by atoms with van der Waals surface area (Å²) in [6, 6.07) is 6.49. The van der Waals surface area contributed by atoms with Gasteiger partial charge in [-0.25, -0.2) is 4.68 Å². The Bertz CT molecular complexity index is 708. The first-order valence-electron chi connectivity index (χ1n) is 6.56. The molecule has 2 N–H and O–H groups in total. The van der Waals surface area contributed by atoms with Crippen molar-refractivity contribution in [2.24, 2.45) is 5.73 Å². The first-order chi connectivity index (χ1) is 9.97. The second-order valence-corrected chi connectivity index (χ2v) is 4.77. The van der Waals surface area contributed by atoms with E-state index in [1.54, 1.807) is 31.9 Å². The lowest BCUT2D eigenvalue weighted by Gasteiger charge is -2.16. The summed E-state index contributed by atoms with van der Waals surface area (Å²) in [5.74, 6) is 1.28. The quantitative estimate of drug-likeness (QED) is 0.924. The van der Waals surface area contributed by atoms with Gasteiger partial charge in [0.05, 0.1) is 14.2 Å². The first kappa shape index (κ1) is 15.1. The van der Waals surface area contributed by atoms with Crippen LogP contribution in [0.2, 0.25) is 0 Å². The van der Waals surface area contributed by atoms with Crippen molar-refractivity contribution < 1.29 is 9.47 Å². The molecule has 0 aliphatic carbocycles. The highest BCUT2D eigenvalue weighted by Gasteiger charge is 2.14. The standard InChI is InChI=1S/C15H19N3O3/c1-9-7-13(19)15(10(2)16)17-18(9)12-6-5-11(20-3)8-14(12)21-4/h5-8,10H,16H2,1-4H3. The fourth-order valence-electron chi connectivity index (χ4n) is 2.08. The highest BCUT2D eigenvalue weighted by molar-refractivity contribution is 5.51. The molecule has 1 heterocycles. The highest BCUT2D eigenvalue weighted by Crippen LogP contribution is 2.27. The monoisotopic (exact) mass is 289 g/mol. The van der Waals surface area contributed by atoms with E-state index in [1.165, 1.54) is 6.07 Å². The predicted molar refractivity (Wildman–Crippen MR) is 80.3 cm³/mol. The number of hydrogen-bond donors (Lipinski definition) is 1. The lowest BCUT2D eigenvalue weighted by atomic mass is 10.2. The summed E-state index contributed by atoms with van der Waals surface area (Å²) >= 11 is 0. The molecule has 6 heteroatoms. The fraction of sp³-hybridized carbons (Fsp3) is 0.333. The summed E-state index contributed by atoms with van der Waals surface area (Å²) in [4.78, 5) is 11.9.